The molecular formula is C15H19N5O3. The Morgan fingerprint density at radius 3 is 2.52 bits per heavy atom. The van der Waals surface area contributed by atoms with E-state index in [1.54, 1.807) is 4.68 Å². The number of carbonyl (C=O) groups is 1. The predicted molar refractivity (Wildman–Crippen MR) is 82.1 cm³/mol. The number of carboxylic acid groups (broad SMARTS) is 1. The first-order valence-electron chi connectivity index (χ1n) is 7.55. The van der Waals surface area contributed by atoms with E-state index in [0.717, 1.165) is 5.56 Å². The summed E-state index contributed by atoms with van der Waals surface area (Å²) in [5.74, 6) is -0.580. The fraction of sp³-hybridized carbons (Fsp3) is 0.467. The second-order valence-corrected chi connectivity index (χ2v) is 5.83. The molecule has 0 bridgehead atoms. The van der Waals surface area contributed by atoms with Crippen LogP contribution in [0.5, 0.6) is 0 Å². The molecule has 1 aliphatic heterocycles. The van der Waals surface area contributed by atoms with E-state index < -0.39 is 11.6 Å². The summed E-state index contributed by atoms with van der Waals surface area (Å²) >= 11 is 0. The number of nitrogens with zero attached hydrogens (tertiary/aromatic N) is 5. The molecule has 0 aliphatic carbocycles. The van der Waals surface area contributed by atoms with Crippen LogP contribution in [0.2, 0.25) is 0 Å². The lowest BCUT2D eigenvalue weighted by molar-refractivity contribution is -0.160. The van der Waals surface area contributed by atoms with E-state index in [2.05, 4.69) is 15.5 Å². The lowest BCUT2D eigenvalue weighted by Gasteiger charge is -2.35. The number of anilines is 1. The topological polar surface area (TPSA) is 104 Å². The van der Waals surface area contributed by atoms with Crippen LogP contribution >= 0.6 is 0 Å². The summed E-state index contributed by atoms with van der Waals surface area (Å²) < 4.78 is 1.72. The van der Waals surface area contributed by atoms with Gasteiger partial charge in [-0.05, 0) is 22.9 Å². The molecule has 2 aromatic rings. The highest BCUT2D eigenvalue weighted by Gasteiger charge is 2.40. The number of aliphatic carboxylic acids is 1. The van der Waals surface area contributed by atoms with Gasteiger partial charge in [0, 0.05) is 25.9 Å². The van der Waals surface area contributed by atoms with Gasteiger partial charge in [-0.2, -0.15) is 0 Å². The normalized spacial score (nSPS) is 18.6. The first kappa shape index (κ1) is 15.4. The number of aromatic nitrogens is 4. The zero-order chi connectivity index (χ0) is 16.4. The maximum atomic E-state index is 11.1. The van der Waals surface area contributed by atoms with Gasteiger partial charge in [0.2, 0.25) is 5.95 Å². The maximum Gasteiger partial charge on any atom is 0.335 e. The van der Waals surface area contributed by atoms with E-state index in [1.807, 2.05) is 42.2 Å². The Balaban J connectivity index is 1.79. The molecule has 1 fully saturated rings. The van der Waals surface area contributed by atoms with E-state index in [-0.39, 0.29) is 18.9 Å². The predicted octanol–water partition coefficient (Wildman–Crippen LogP) is 0.698. The van der Waals surface area contributed by atoms with Gasteiger partial charge in [-0.25, -0.2) is 9.48 Å². The minimum absolute atomic E-state index is 0.0403. The summed E-state index contributed by atoms with van der Waals surface area (Å²) in [7, 11) is 0. The lowest BCUT2D eigenvalue weighted by Crippen LogP contribution is -2.50. The van der Waals surface area contributed by atoms with Crippen molar-refractivity contribution in [1.29, 1.82) is 0 Å². The number of tetrazole rings is 1. The zero-order valence-electron chi connectivity index (χ0n) is 12.8. The summed E-state index contributed by atoms with van der Waals surface area (Å²) in [6.07, 6.45) is 0.295. The van der Waals surface area contributed by atoms with Gasteiger partial charge in [0.15, 0.2) is 5.60 Å². The third-order valence-corrected chi connectivity index (χ3v) is 4.40. The van der Waals surface area contributed by atoms with Gasteiger partial charge in [-0.3, -0.25) is 0 Å². The molecule has 0 radical (unpaired) electrons. The Bertz CT molecular complexity index is 679. The third-order valence-electron chi connectivity index (χ3n) is 4.40. The number of aliphatic hydroxyl groups is 1. The first-order valence-corrected chi connectivity index (χ1v) is 7.55. The Labute approximate surface area is 133 Å². The molecule has 122 valence electrons. The average molecular weight is 317 g/mol. The molecule has 8 heteroatoms. The maximum absolute atomic E-state index is 11.1. The van der Waals surface area contributed by atoms with Crippen molar-refractivity contribution >= 4 is 11.9 Å². The Kier molecular flexibility index (Phi) is 3.99. The molecule has 1 aromatic carbocycles. The Morgan fingerprint density at radius 1 is 1.26 bits per heavy atom. The number of piperidine rings is 1. The molecule has 0 saturated carbocycles. The first-order chi connectivity index (χ1) is 11.0. The largest absolute Gasteiger partial charge is 0.479 e. The lowest BCUT2D eigenvalue weighted by atomic mass is 9.92. The number of benzene rings is 1. The number of rotatable bonds is 4. The van der Waals surface area contributed by atoms with Crippen molar-refractivity contribution in [2.45, 2.75) is 31.4 Å². The average Bonchev–Trinajstić information content (AvgIpc) is 3.05. The van der Waals surface area contributed by atoms with Crippen molar-refractivity contribution in [2.24, 2.45) is 0 Å². The van der Waals surface area contributed by atoms with Crippen LogP contribution in [0.15, 0.2) is 30.3 Å². The molecule has 1 aromatic heterocycles. The molecule has 0 amide bonds. The summed E-state index contributed by atoms with van der Waals surface area (Å²) in [6, 6.07) is 9.86. The van der Waals surface area contributed by atoms with Crippen LogP contribution < -0.4 is 4.90 Å². The molecule has 1 atom stereocenters. The van der Waals surface area contributed by atoms with Gasteiger partial charge in [0.05, 0.1) is 6.04 Å². The van der Waals surface area contributed by atoms with Crippen LogP contribution in [0.1, 0.15) is 31.4 Å². The van der Waals surface area contributed by atoms with Crippen LogP contribution in [0.4, 0.5) is 5.95 Å². The molecule has 3 rings (SSSR count). The molecule has 2 heterocycles. The van der Waals surface area contributed by atoms with E-state index >= 15 is 0 Å². The smallest absolute Gasteiger partial charge is 0.335 e. The number of hydrogen-bond donors (Lipinski definition) is 2. The van der Waals surface area contributed by atoms with Crippen LogP contribution in [-0.2, 0) is 4.79 Å². The van der Waals surface area contributed by atoms with Gasteiger partial charge < -0.3 is 15.1 Å². The highest BCUT2D eigenvalue weighted by atomic mass is 16.4. The zero-order valence-corrected chi connectivity index (χ0v) is 12.8. The molecular weight excluding hydrogens is 298 g/mol. The van der Waals surface area contributed by atoms with Crippen molar-refractivity contribution in [3.8, 4) is 0 Å². The second kappa shape index (κ2) is 5.96. The van der Waals surface area contributed by atoms with Crippen LogP contribution in [-0.4, -0.2) is 55.1 Å². The van der Waals surface area contributed by atoms with Crippen molar-refractivity contribution in [1.82, 2.24) is 20.2 Å². The third kappa shape index (κ3) is 2.89. The molecule has 0 spiro atoms. The molecule has 23 heavy (non-hydrogen) atoms. The summed E-state index contributed by atoms with van der Waals surface area (Å²) in [5.41, 5.74) is -0.570. The van der Waals surface area contributed by atoms with E-state index in [0.29, 0.717) is 19.0 Å². The summed E-state index contributed by atoms with van der Waals surface area (Å²) in [4.78, 5) is 13.0. The fourth-order valence-electron chi connectivity index (χ4n) is 2.81. The highest BCUT2D eigenvalue weighted by molar-refractivity contribution is 5.77. The van der Waals surface area contributed by atoms with E-state index in [9.17, 15) is 9.90 Å². The van der Waals surface area contributed by atoms with Gasteiger partial charge in [-0.15, -0.1) is 0 Å². The van der Waals surface area contributed by atoms with E-state index in [4.69, 9.17) is 5.11 Å². The summed E-state index contributed by atoms with van der Waals surface area (Å²) in [5, 5.41) is 31.0. The highest BCUT2D eigenvalue weighted by Crippen LogP contribution is 2.27. The number of hydrogen-bond acceptors (Lipinski definition) is 6. The monoisotopic (exact) mass is 317 g/mol. The minimum atomic E-state index is -1.65. The summed E-state index contributed by atoms with van der Waals surface area (Å²) in [6.45, 7) is 2.79. The van der Waals surface area contributed by atoms with Crippen molar-refractivity contribution in [3.05, 3.63) is 35.9 Å². The van der Waals surface area contributed by atoms with Crippen molar-refractivity contribution < 1.29 is 15.0 Å². The Morgan fingerprint density at radius 2 is 1.91 bits per heavy atom. The van der Waals surface area contributed by atoms with Gasteiger partial charge in [-0.1, -0.05) is 35.4 Å². The van der Waals surface area contributed by atoms with E-state index in [1.165, 1.54) is 0 Å². The number of carboxylic acids is 1. The Hall–Kier alpha value is -2.48. The molecule has 2 N–H and O–H groups in total. The van der Waals surface area contributed by atoms with Crippen LogP contribution in [0, 0.1) is 0 Å². The standard InChI is InChI=1S/C15H19N5O3/c1-11(12-5-3-2-4-6-12)20-14(16-17-18-20)19-9-7-15(23,8-10-19)13(21)22/h2-6,11,23H,7-10H2,1H3,(H,21,22). The minimum Gasteiger partial charge on any atom is -0.479 e. The van der Waals surface area contributed by atoms with Crippen LogP contribution in [0.3, 0.4) is 0 Å². The van der Waals surface area contributed by atoms with Gasteiger partial charge in [0.25, 0.3) is 0 Å². The van der Waals surface area contributed by atoms with Gasteiger partial charge >= 0.3 is 5.97 Å². The quantitative estimate of drug-likeness (QED) is 0.855. The fourth-order valence-corrected chi connectivity index (χ4v) is 2.81. The second-order valence-electron chi connectivity index (χ2n) is 5.83. The SMILES string of the molecule is CC(c1ccccc1)n1nnnc1N1CCC(O)(C(=O)O)CC1. The van der Waals surface area contributed by atoms with Gasteiger partial charge in [0.1, 0.15) is 0 Å². The molecule has 1 saturated heterocycles. The molecule has 8 nitrogen and oxygen atoms in total. The molecule has 1 unspecified atom stereocenters. The van der Waals surface area contributed by atoms with Crippen molar-refractivity contribution in [2.75, 3.05) is 18.0 Å². The van der Waals surface area contributed by atoms with Crippen LogP contribution in [0.25, 0.3) is 0 Å². The van der Waals surface area contributed by atoms with Crippen molar-refractivity contribution in [3.63, 3.8) is 0 Å². The molecule has 1 aliphatic rings.